The molecular weight excluding hydrogens is 305 g/mol. The second-order valence-electron chi connectivity index (χ2n) is 4.19. The summed E-state index contributed by atoms with van der Waals surface area (Å²) in [5, 5.41) is 5.07. The van der Waals surface area contributed by atoms with Gasteiger partial charge in [0.1, 0.15) is 5.82 Å². The minimum absolute atomic E-state index is 0.194. The van der Waals surface area contributed by atoms with Crippen molar-refractivity contribution in [2.75, 3.05) is 17.2 Å². The fraction of sp³-hybridized carbons (Fsp3) is 0.231. The Morgan fingerprint density at radius 1 is 1.19 bits per heavy atom. The minimum Gasteiger partial charge on any atom is -0.354 e. The third kappa shape index (κ3) is 3.75. The van der Waals surface area contributed by atoms with Gasteiger partial charge >= 0.3 is 0 Å². The topological polar surface area (TPSA) is 49.8 Å². The number of aromatic nitrogens is 2. The second kappa shape index (κ2) is 6.62. The lowest BCUT2D eigenvalue weighted by Gasteiger charge is -2.11. The second-order valence-corrected chi connectivity index (χ2v) is 4.59. The molecule has 0 spiro atoms. The Balaban J connectivity index is 2.31. The highest BCUT2D eigenvalue weighted by Crippen LogP contribution is 2.29. The van der Waals surface area contributed by atoms with Crippen molar-refractivity contribution in [3.63, 3.8) is 0 Å². The monoisotopic (exact) mass is 316 g/mol. The van der Waals surface area contributed by atoms with Crippen LogP contribution in [0, 0.1) is 17.5 Å². The van der Waals surface area contributed by atoms with Crippen LogP contribution in [0.2, 0.25) is 5.02 Å². The van der Waals surface area contributed by atoms with Crippen LogP contribution in [0.25, 0.3) is 0 Å². The molecular formula is C13H12ClF3N4. The zero-order valence-electron chi connectivity index (χ0n) is 11.1. The summed E-state index contributed by atoms with van der Waals surface area (Å²) in [6.07, 6.45) is 1.78. The van der Waals surface area contributed by atoms with Crippen molar-refractivity contribution in [1.82, 2.24) is 9.97 Å². The predicted molar refractivity (Wildman–Crippen MR) is 75.4 cm³/mol. The van der Waals surface area contributed by atoms with E-state index < -0.39 is 17.5 Å². The van der Waals surface area contributed by atoms with E-state index in [2.05, 4.69) is 20.6 Å². The molecule has 0 aliphatic rings. The van der Waals surface area contributed by atoms with Gasteiger partial charge in [0.2, 0.25) is 5.95 Å². The van der Waals surface area contributed by atoms with Crippen LogP contribution in [-0.2, 0) is 0 Å². The summed E-state index contributed by atoms with van der Waals surface area (Å²) in [6.45, 7) is 2.56. The Hall–Kier alpha value is -2.02. The van der Waals surface area contributed by atoms with Gasteiger partial charge in [0.25, 0.3) is 0 Å². The number of rotatable bonds is 5. The number of hydrogen-bond donors (Lipinski definition) is 2. The first-order chi connectivity index (χ1) is 10.0. The molecule has 0 bridgehead atoms. The van der Waals surface area contributed by atoms with Crippen molar-refractivity contribution < 1.29 is 13.2 Å². The smallest absolute Gasteiger partial charge is 0.224 e. The summed E-state index contributed by atoms with van der Waals surface area (Å²) in [4.78, 5) is 7.64. The predicted octanol–water partition coefficient (Wildman–Crippen LogP) is 4.11. The van der Waals surface area contributed by atoms with Gasteiger partial charge in [0, 0.05) is 12.6 Å². The Morgan fingerprint density at radius 3 is 2.62 bits per heavy atom. The largest absolute Gasteiger partial charge is 0.354 e. The molecule has 21 heavy (non-hydrogen) atoms. The molecule has 0 aliphatic heterocycles. The van der Waals surface area contributed by atoms with E-state index in [1.807, 2.05) is 6.92 Å². The molecule has 1 heterocycles. The van der Waals surface area contributed by atoms with Crippen LogP contribution in [-0.4, -0.2) is 16.5 Å². The van der Waals surface area contributed by atoms with Crippen LogP contribution < -0.4 is 10.6 Å². The van der Waals surface area contributed by atoms with E-state index in [1.54, 1.807) is 0 Å². The Labute approximate surface area is 124 Å². The number of hydrogen-bond acceptors (Lipinski definition) is 4. The summed E-state index contributed by atoms with van der Waals surface area (Å²) in [5.41, 5.74) is -0.253. The fourth-order valence-electron chi connectivity index (χ4n) is 1.56. The van der Waals surface area contributed by atoms with Crippen LogP contribution >= 0.6 is 11.6 Å². The summed E-state index contributed by atoms with van der Waals surface area (Å²) < 4.78 is 40.3. The van der Waals surface area contributed by atoms with Gasteiger partial charge in [-0.2, -0.15) is 4.98 Å². The molecule has 2 rings (SSSR count). The summed E-state index contributed by atoms with van der Waals surface area (Å²) in [6, 6.07) is 1.56. The highest BCUT2D eigenvalue weighted by atomic mass is 35.5. The van der Waals surface area contributed by atoms with Crippen molar-refractivity contribution in [3.05, 3.63) is 40.8 Å². The number of halogens is 4. The van der Waals surface area contributed by atoms with Crippen LogP contribution in [0.5, 0.6) is 0 Å². The molecule has 4 nitrogen and oxygen atoms in total. The lowest BCUT2D eigenvalue weighted by atomic mass is 10.3. The van der Waals surface area contributed by atoms with E-state index in [-0.39, 0.29) is 22.5 Å². The summed E-state index contributed by atoms with van der Waals surface area (Å²) in [5.74, 6) is -2.61. The Morgan fingerprint density at radius 2 is 1.95 bits per heavy atom. The number of nitrogens with one attached hydrogen (secondary N) is 2. The summed E-state index contributed by atoms with van der Waals surface area (Å²) in [7, 11) is 0. The van der Waals surface area contributed by atoms with Crippen molar-refractivity contribution in [2.45, 2.75) is 13.3 Å². The first kappa shape index (κ1) is 15.4. The van der Waals surface area contributed by atoms with Crippen LogP contribution in [0.15, 0.2) is 18.3 Å². The SMILES string of the molecule is CCCNc1ncc(F)c(Nc2c(F)cc(F)cc2Cl)n1. The molecule has 112 valence electrons. The third-order valence-corrected chi connectivity index (χ3v) is 2.83. The maximum absolute atomic E-state index is 13.7. The van der Waals surface area contributed by atoms with Crippen molar-refractivity contribution in [1.29, 1.82) is 0 Å². The third-order valence-electron chi connectivity index (χ3n) is 2.53. The van der Waals surface area contributed by atoms with Gasteiger partial charge in [-0.15, -0.1) is 0 Å². The quantitative estimate of drug-likeness (QED) is 0.871. The lowest BCUT2D eigenvalue weighted by Crippen LogP contribution is -2.08. The zero-order chi connectivity index (χ0) is 15.4. The maximum atomic E-state index is 13.7. The van der Waals surface area contributed by atoms with Crippen LogP contribution in [0.3, 0.4) is 0 Å². The molecule has 0 saturated carbocycles. The maximum Gasteiger partial charge on any atom is 0.224 e. The average molecular weight is 317 g/mol. The van der Waals surface area contributed by atoms with Gasteiger partial charge in [0.15, 0.2) is 17.5 Å². The van der Waals surface area contributed by atoms with E-state index in [9.17, 15) is 13.2 Å². The number of nitrogens with zero attached hydrogens (tertiary/aromatic N) is 2. The summed E-state index contributed by atoms with van der Waals surface area (Å²) >= 11 is 5.74. The highest BCUT2D eigenvalue weighted by molar-refractivity contribution is 6.33. The Bertz CT molecular complexity index is 628. The normalized spacial score (nSPS) is 10.5. The molecule has 2 N–H and O–H groups in total. The van der Waals surface area contributed by atoms with Crippen molar-refractivity contribution in [2.24, 2.45) is 0 Å². The van der Waals surface area contributed by atoms with Gasteiger partial charge in [-0.1, -0.05) is 18.5 Å². The average Bonchev–Trinajstić information content (AvgIpc) is 2.43. The van der Waals surface area contributed by atoms with E-state index in [0.29, 0.717) is 12.6 Å². The molecule has 1 aromatic carbocycles. The van der Waals surface area contributed by atoms with Crippen LogP contribution in [0.4, 0.5) is 30.6 Å². The molecule has 0 radical (unpaired) electrons. The molecule has 0 amide bonds. The number of benzene rings is 1. The van der Waals surface area contributed by atoms with Gasteiger partial charge in [0.05, 0.1) is 16.9 Å². The molecule has 0 aliphatic carbocycles. The molecule has 1 aromatic heterocycles. The first-order valence-corrected chi connectivity index (χ1v) is 6.57. The van der Waals surface area contributed by atoms with Crippen molar-refractivity contribution in [3.8, 4) is 0 Å². The van der Waals surface area contributed by atoms with E-state index in [4.69, 9.17) is 11.6 Å². The van der Waals surface area contributed by atoms with Gasteiger partial charge in [-0.25, -0.2) is 18.2 Å². The molecule has 8 heteroatoms. The number of anilines is 3. The highest BCUT2D eigenvalue weighted by Gasteiger charge is 2.14. The minimum atomic E-state index is -0.943. The Kier molecular flexibility index (Phi) is 4.85. The fourth-order valence-corrected chi connectivity index (χ4v) is 1.80. The molecule has 0 unspecified atom stereocenters. The van der Waals surface area contributed by atoms with E-state index in [1.165, 1.54) is 0 Å². The first-order valence-electron chi connectivity index (χ1n) is 6.19. The standard InChI is InChI=1S/C13H12ClF3N4/c1-2-3-18-13-19-6-10(17)12(21-13)20-11-8(14)4-7(15)5-9(11)16/h4-6H,2-3H2,1H3,(H2,18,19,20,21). The molecule has 0 atom stereocenters. The zero-order valence-corrected chi connectivity index (χ0v) is 11.8. The molecule has 2 aromatic rings. The van der Waals surface area contributed by atoms with Crippen LogP contribution in [0.1, 0.15) is 13.3 Å². The molecule has 0 fully saturated rings. The van der Waals surface area contributed by atoms with E-state index >= 15 is 0 Å². The lowest BCUT2D eigenvalue weighted by molar-refractivity contribution is 0.585. The molecule has 0 saturated heterocycles. The van der Waals surface area contributed by atoms with Gasteiger partial charge in [-0.3, -0.25) is 0 Å². The van der Waals surface area contributed by atoms with Gasteiger partial charge in [-0.05, 0) is 12.5 Å². The van der Waals surface area contributed by atoms with Gasteiger partial charge < -0.3 is 10.6 Å². The van der Waals surface area contributed by atoms with E-state index in [0.717, 1.165) is 18.7 Å². The van der Waals surface area contributed by atoms with Crippen molar-refractivity contribution >= 4 is 29.1 Å².